The lowest BCUT2D eigenvalue weighted by atomic mass is 10.4. The molecule has 0 spiro atoms. The molecule has 4 N–H and O–H groups in total. The molecule has 0 aromatic carbocycles. The Labute approximate surface area is 48.2 Å². The molecule has 0 amide bonds. The molecule has 0 fully saturated rings. The van der Waals surface area contributed by atoms with Gasteiger partial charge in [-0.05, 0) is 6.42 Å². The van der Waals surface area contributed by atoms with E-state index >= 15 is 0 Å². The molecule has 0 saturated carbocycles. The molecular formula is C4H10N3O. The zero-order valence-corrected chi connectivity index (χ0v) is 4.61. The fourth-order valence-electron chi connectivity index (χ4n) is 0.295. The predicted molar refractivity (Wildman–Crippen MR) is 30.1 cm³/mol. The van der Waals surface area contributed by atoms with Crippen molar-refractivity contribution in [3.63, 3.8) is 0 Å². The van der Waals surface area contributed by atoms with Crippen LogP contribution in [0.15, 0.2) is 0 Å². The minimum absolute atomic E-state index is 0.0709. The second-order valence-electron chi connectivity index (χ2n) is 1.40. The highest BCUT2D eigenvalue weighted by Crippen LogP contribution is 1.69. The van der Waals surface area contributed by atoms with Gasteiger partial charge < -0.3 is 11.1 Å². The minimum Gasteiger partial charge on any atom is -0.370 e. The van der Waals surface area contributed by atoms with Crippen molar-refractivity contribution in [1.29, 1.82) is 5.41 Å². The van der Waals surface area contributed by atoms with Crippen LogP contribution in [0.2, 0.25) is 0 Å². The van der Waals surface area contributed by atoms with Gasteiger partial charge in [0.2, 0.25) is 0 Å². The van der Waals surface area contributed by atoms with Crippen molar-refractivity contribution < 1.29 is 5.11 Å². The lowest BCUT2D eigenvalue weighted by molar-refractivity contribution is 0.190. The first-order valence-corrected chi connectivity index (χ1v) is 2.43. The molecule has 0 aliphatic rings. The molecule has 0 aromatic rings. The van der Waals surface area contributed by atoms with Gasteiger partial charge in [-0.25, -0.2) is 5.11 Å². The molecule has 0 unspecified atom stereocenters. The van der Waals surface area contributed by atoms with E-state index in [9.17, 15) is 5.11 Å². The van der Waals surface area contributed by atoms with E-state index in [4.69, 9.17) is 11.1 Å². The van der Waals surface area contributed by atoms with Crippen LogP contribution in [0.3, 0.4) is 0 Å². The number of hydrogen-bond acceptors (Lipinski definition) is 1. The molecule has 0 saturated heterocycles. The molecule has 8 heavy (non-hydrogen) atoms. The summed E-state index contributed by atoms with van der Waals surface area (Å²) >= 11 is 0. The van der Waals surface area contributed by atoms with Crippen LogP contribution >= 0.6 is 0 Å². The van der Waals surface area contributed by atoms with Crippen molar-refractivity contribution in [3.8, 4) is 0 Å². The molecule has 1 radical (unpaired) electrons. The van der Waals surface area contributed by atoms with Crippen molar-refractivity contribution in [1.82, 2.24) is 5.32 Å². The van der Waals surface area contributed by atoms with E-state index in [1.807, 2.05) is 0 Å². The minimum atomic E-state index is -0.111. The summed E-state index contributed by atoms with van der Waals surface area (Å²) in [4.78, 5) is 0. The molecule has 0 aromatic heterocycles. The maximum atomic E-state index is 9.76. The molecule has 0 rings (SSSR count). The summed E-state index contributed by atoms with van der Waals surface area (Å²) in [5.41, 5.74) is 4.90. The van der Waals surface area contributed by atoms with Crippen molar-refractivity contribution in [2.24, 2.45) is 5.73 Å². The normalized spacial score (nSPS) is 8.62. The van der Waals surface area contributed by atoms with Crippen LogP contribution in [0.5, 0.6) is 0 Å². The quantitative estimate of drug-likeness (QED) is 0.258. The summed E-state index contributed by atoms with van der Waals surface area (Å²) in [6.45, 7) is 0.402. The standard InChI is InChI=1S/C4H10N3O/c5-4(6)7-2-1-3-8/h1-3H2,(H4,5,6,7). The molecule has 0 atom stereocenters. The summed E-state index contributed by atoms with van der Waals surface area (Å²) < 4.78 is 0. The average molecular weight is 116 g/mol. The van der Waals surface area contributed by atoms with Crippen LogP contribution in [0.1, 0.15) is 6.42 Å². The Hall–Kier alpha value is -0.770. The van der Waals surface area contributed by atoms with Crippen molar-refractivity contribution >= 4 is 5.96 Å². The molecule has 47 valence electrons. The van der Waals surface area contributed by atoms with Gasteiger partial charge in [0.25, 0.3) is 0 Å². The SMILES string of the molecule is N=C(N)NCCC[O]. The van der Waals surface area contributed by atoms with Gasteiger partial charge in [-0.1, -0.05) is 0 Å². The fraction of sp³-hybridized carbons (Fsp3) is 0.750. The maximum Gasteiger partial charge on any atom is 0.185 e. The molecule has 0 aliphatic carbocycles. The summed E-state index contributed by atoms with van der Waals surface area (Å²) in [6.07, 6.45) is 0.527. The van der Waals surface area contributed by atoms with Crippen LogP contribution in [0, 0.1) is 5.41 Å². The van der Waals surface area contributed by atoms with Crippen LogP contribution in [0.4, 0.5) is 0 Å². The van der Waals surface area contributed by atoms with Crippen molar-refractivity contribution in [3.05, 3.63) is 0 Å². The molecule has 4 heteroatoms. The summed E-state index contributed by atoms with van der Waals surface area (Å²) in [6, 6.07) is 0. The largest absolute Gasteiger partial charge is 0.370 e. The third-order valence-electron chi connectivity index (χ3n) is 0.637. The van der Waals surface area contributed by atoms with Gasteiger partial charge in [0, 0.05) is 6.54 Å². The van der Waals surface area contributed by atoms with Crippen molar-refractivity contribution in [2.45, 2.75) is 6.42 Å². The topological polar surface area (TPSA) is 81.8 Å². The van der Waals surface area contributed by atoms with E-state index in [2.05, 4.69) is 5.32 Å². The molecule has 4 nitrogen and oxygen atoms in total. The zero-order valence-electron chi connectivity index (χ0n) is 4.61. The van der Waals surface area contributed by atoms with E-state index in [0.29, 0.717) is 13.0 Å². The second kappa shape index (κ2) is 4.39. The second-order valence-corrected chi connectivity index (χ2v) is 1.40. The van der Waals surface area contributed by atoms with Gasteiger partial charge in [0.05, 0.1) is 6.61 Å². The van der Waals surface area contributed by atoms with Gasteiger partial charge in [0.1, 0.15) is 0 Å². The van der Waals surface area contributed by atoms with Crippen LogP contribution < -0.4 is 11.1 Å². The number of guanidine groups is 1. The molecule has 0 aliphatic heterocycles. The molecule has 0 heterocycles. The average Bonchev–Trinajstić information content (AvgIpc) is 1.66. The third kappa shape index (κ3) is 5.23. The van der Waals surface area contributed by atoms with Crippen LogP contribution in [0.25, 0.3) is 0 Å². The third-order valence-corrected chi connectivity index (χ3v) is 0.637. The lowest BCUT2D eigenvalue weighted by Crippen LogP contribution is -2.31. The van der Waals surface area contributed by atoms with Gasteiger partial charge in [-0.3, -0.25) is 5.41 Å². The van der Waals surface area contributed by atoms with E-state index in [1.165, 1.54) is 0 Å². The number of hydrogen-bond donors (Lipinski definition) is 3. The maximum absolute atomic E-state index is 9.76. The van der Waals surface area contributed by atoms with Crippen molar-refractivity contribution in [2.75, 3.05) is 13.2 Å². The lowest BCUT2D eigenvalue weighted by Gasteiger charge is -1.98. The highest BCUT2D eigenvalue weighted by molar-refractivity contribution is 5.74. The number of nitrogens with one attached hydrogen (secondary N) is 2. The van der Waals surface area contributed by atoms with Gasteiger partial charge in [-0.2, -0.15) is 0 Å². The van der Waals surface area contributed by atoms with Gasteiger partial charge >= 0.3 is 0 Å². The predicted octanol–water partition coefficient (Wildman–Crippen LogP) is -0.710. The van der Waals surface area contributed by atoms with E-state index in [-0.39, 0.29) is 12.6 Å². The molecule has 0 bridgehead atoms. The first kappa shape index (κ1) is 7.23. The highest BCUT2D eigenvalue weighted by atomic mass is 16.3. The summed E-state index contributed by atoms with van der Waals surface area (Å²) in [5, 5.41) is 18.9. The van der Waals surface area contributed by atoms with Crippen LogP contribution in [-0.4, -0.2) is 19.1 Å². The smallest absolute Gasteiger partial charge is 0.185 e. The van der Waals surface area contributed by atoms with E-state index in [0.717, 1.165) is 0 Å². The highest BCUT2D eigenvalue weighted by Gasteiger charge is 1.84. The molecular weight excluding hydrogens is 106 g/mol. The first-order chi connectivity index (χ1) is 3.77. The van der Waals surface area contributed by atoms with Crippen LogP contribution in [-0.2, 0) is 5.11 Å². The summed E-state index contributed by atoms with van der Waals surface area (Å²) in [7, 11) is 0. The Balaban J connectivity index is 2.82. The fourth-order valence-corrected chi connectivity index (χ4v) is 0.295. The van der Waals surface area contributed by atoms with E-state index < -0.39 is 0 Å². The Morgan fingerprint density at radius 1 is 1.75 bits per heavy atom. The van der Waals surface area contributed by atoms with Gasteiger partial charge in [-0.15, -0.1) is 0 Å². The first-order valence-electron chi connectivity index (χ1n) is 2.43. The zero-order chi connectivity index (χ0) is 6.41. The van der Waals surface area contributed by atoms with E-state index in [1.54, 1.807) is 0 Å². The summed E-state index contributed by atoms with van der Waals surface area (Å²) in [5.74, 6) is -0.0709. The Morgan fingerprint density at radius 2 is 2.38 bits per heavy atom. The number of nitrogens with two attached hydrogens (primary N) is 1. The monoisotopic (exact) mass is 116 g/mol. The Kier molecular flexibility index (Phi) is 3.97. The Morgan fingerprint density at radius 3 is 2.75 bits per heavy atom. The Bertz CT molecular complexity index is 73.7. The van der Waals surface area contributed by atoms with Gasteiger partial charge in [0.15, 0.2) is 5.96 Å². The number of rotatable bonds is 3.